The molecule has 1 saturated heterocycles. The van der Waals surface area contributed by atoms with Crippen molar-refractivity contribution in [3.63, 3.8) is 0 Å². The van der Waals surface area contributed by atoms with Crippen LogP contribution in [0.2, 0.25) is 0 Å². The van der Waals surface area contributed by atoms with E-state index >= 15 is 0 Å². The molecule has 1 N–H and O–H groups in total. The van der Waals surface area contributed by atoms with Gasteiger partial charge in [0.15, 0.2) is 0 Å². The summed E-state index contributed by atoms with van der Waals surface area (Å²) in [5.74, 6) is 0. The lowest BCUT2D eigenvalue weighted by atomic mass is 9.86. The molecule has 4 nitrogen and oxygen atoms in total. The molecule has 0 aromatic rings. The van der Waals surface area contributed by atoms with Gasteiger partial charge in [0.2, 0.25) is 0 Å². The van der Waals surface area contributed by atoms with Crippen molar-refractivity contribution in [3.05, 3.63) is 0 Å². The molecule has 0 radical (unpaired) electrons. The second-order valence-electron chi connectivity index (χ2n) is 8.70. The summed E-state index contributed by atoms with van der Waals surface area (Å²) in [6.07, 6.45) is 7.04. The van der Waals surface area contributed by atoms with Crippen LogP contribution in [0.5, 0.6) is 0 Å². The minimum absolute atomic E-state index is 0.158. The maximum absolute atomic E-state index is 12.2. The van der Waals surface area contributed by atoms with Gasteiger partial charge in [0, 0.05) is 25.2 Å². The van der Waals surface area contributed by atoms with E-state index < -0.39 is 5.60 Å². The van der Waals surface area contributed by atoms with Crippen LogP contribution in [-0.2, 0) is 4.74 Å². The molecule has 0 bridgehead atoms. The summed E-state index contributed by atoms with van der Waals surface area (Å²) in [4.78, 5) is 14.1. The van der Waals surface area contributed by atoms with Crippen LogP contribution in [0.25, 0.3) is 0 Å². The summed E-state index contributed by atoms with van der Waals surface area (Å²) in [6.45, 7) is 12.2. The second kappa shape index (κ2) is 6.77. The molecule has 0 aromatic carbocycles. The van der Waals surface area contributed by atoms with E-state index in [1.54, 1.807) is 0 Å². The largest absolute Gasteiger partial charge is 0.444 e. The quantitative estimate of drug-likeness (QED) is 0.840. The van der Waals surface area contributed by atoms with Gasteiger partial charge in [-0.2, -0.15) is 0 Å². The molecule has 0 aromatic heterocycles. The Labute approximate surface area is 136 Å². The fourth-order valence-corrected chi connectivity index (χ4v) is 3.69. The molecule has 2 rings (SSSR count). The molecule has 2 atom stereocenters. The molecule has 0 spiro atoms. The Hall–Kier alpha value is -0.770. The molecule has 128 valence electrons. The lowest BCUT2D eigenvalue weighted by molar-refractivity contribution is 0.0255. The normalized spacial score (nSPS) is 29.2. The highest BCUT2D eigenvalue weighted by Gasteiger charge is 2.36. The number of likely N-dealkylation sites (tertiary alicyclic amines) is 1. The van der Waals surface area contributed by atoms with Crippen molar-refractivity contribution in [2.45, 2.75) is 90.8 Å². The van der Waals surface area contributed by atoms with Gasteiger partial charge < -0.3 is 15.0 Å². The van der Waals surface area contributed by atoms with Crippen molar-refractivity contribution < 1.29 is 9.53 Å². The molecule has 2 aliphatic rings. The third kappa shape index (κ3) is 4.87. The van der Waals surface area contributed by atoms with Crippen LogP contribution < -0.4 is 5.32 Å². The third-order valence-electron chi connectivity index (χ3n) is 5.07. The van der Waals surface area contributed by atoms with E-state index in [1.807, 2.05) is 25.7 Å². The minimum Gasteiger partial charge on any atom is -0.444 e. The molecular weight excluding hydrogens is 276 g/mol. The maximum Gasteiger partial charge on any atom is 0.410 e. The summed E-state index contributed by atoms with van der Waals surface area (Å²) >= 11 is 0. The first-order chi connectivity index (χ1) is 10.2. The number of rotatable bonds is 2. The number of carbonyl (C=O) groups excluding carboxylic acids is 1. The van der Waals surface area contributed by atoms with Crippen LogP contribution >= 0.6 is 0 Å². The van der Waals surface area contributed by atoms with E-state index in [0.29, 0.717) is 17.5 Å². The monoisotopic (exact) mass is 310 g/mol. The molecule has 1 amide bonds. The molecular formula is C18H34N2O2. The molecule has 1 aliphatic carbocycles. The number of nitrogens with one attached hydrogen (secondary N) is 1. The molecule has 4 heteroatoms. The van der Waals surface area contributed by atoms with E-state index in [4.69, 9.17) is 4.74 Å². The first kappa shape index (κ1) is 17.6. The number of hydrogen-bond donors (Lipinski definition) is 1. The van der Waals surface area contributed by atoms with Crippen molar-refractivity contribution in [1.82, 2.24) is 10.2 Å². The average molecular weight is 310 g/mol. The van der Waals surface area contributed by atoms with Gasteiger partial charge in [-0.15, -0.1) is 0 Å². The van der Waals surface area contributed by atoms with Gasteiger partial charge in [-0.05, 0) is 58.3 Å². The summed E-state index contributed by atoms with van der Waals surface area (Å²) in [5, 5.41) is 3.88. The van der Waals surface area contributed by atoms with Crippen LogP contribution in [0.15, 0.2) is 0 Å². The third-order valence-corrected chi connectivity index (χ3v) is 5.07. The molecule has 1 saturated carbocycles. The zero-order valence-electron chi connectivity index (χ0n) is 15.1. The highest BCUT2D eigenvalue weighted by atomic mass is 16.6. The SMILES string of the molecule is CC(C)(C)OC(=O)N1CCCC(NC2CCCC2(C)C)CC1. The highest BCUT2D eigenvalue weighted by Crippen LogP contribution is 2.37. The van der Waals surface area contributed by atoms with Gasteiger partial charge >= 0.3 is 6.09 Å². The Bertz CT molecular complexity index is 387. The number of nitrogens with zero attached hydrogens (tertiary/aromatic N) is 1. The summed E-state index contributed by atoms with van der Waals surface area (Å²) in [5.41, 5.74) is 0.00602. The Balaban J connectivity index is 1.83. The predicted molar refractivity (Wildman–Crippen MR) is 90.0 cm³/mol. The minimum atomic E-state index is -0.408. The second-order valence-corrected chi connectivity index (χ2v) is 8.70. The van der Waals surface area contributed by atoms with E-state index in [2.05, 4.69) is 19.2 Å². The number of hydrogen-bond acceptors (Lipinski definition) is 3. The lowest BCUT2D eigenvalue weighted by Crippen LogP contribution is -2.44. The van der Waals surface area contributed by atoms with Gasteiger partial charge in [0.1, 0.15) is 5.60 Å². The maximum atomic E-state index is 12.2. The number of carbonyl (C=O) groups is 1. The fourth-order valence-electron chi connectivity index (χ4n) is 3.69. The van der Waals surface area contributed by atoms with Gasteiger partial charge in [-0.25, -0.2) is 4.79 Å². The Morgan fingerprint density at radius 2 is 1.86 bits per heavy atom. The van der Waals surface area contributed by atoms with Crippen molar-refractivity contribution in [3.8, 4) is 0 Å². The van der Waals surface area contributed by atoms with Crippen LogP contribution in [0, 0.1) is 5.41 Å². The smallest absolute Gasteiger partial charge is 0.410 e. The van der Waals surface area contributed by atoms with E-state index in [9.17, 15) is 4.79 Å². The Kier molecular flexibility index (Phi) is 5.41. The first-order valence-corrected chi connectivity index (χ1v) is 8.91. The standard InChI is InChI=1S/C18H34N2O2/c1-17(2,3)22-16(21)20-12-7-8-14(10-13-20)19-15-9-6-11-18(15,4)5/h14-15,19H,6-13H2,1-5H3. The van der Waals surface area contributed by atoms with Crippen LogP contribution in [-0.4, -0.2) is 41.8 Å². The highest BCUT2D eigenvalue weighted by molar-refractivity contribution is 5.68. The zero-order chi connectivity index (χ0) is 16.4. The van der Waals surface area contributed by atoms with Crippen LogP contribution in [0.3, 0.4) is 0 Å². The van der Waals surface area contributed by atoms with Crippen molar-refractivity contribution >= 4 is 6.09 Å². The molecule has 2 unspecified atom stereocenters. The predicted octanol–water partition coefficient (Wildman–Crippen LogP) is 3.94. The van der Waals surface area contributed by atoms with Gasteiger partial charge in [0.05, 0.1) is 0 Å². The Morgan fingerprint density at radius 3 is 2.45 bits per heavy atom. The summed E-state index contributed by atoms with van der Waals surface area (Å²) in [7, 11) is 0. The molecule has 1 heterocycles. The molecule has 22 heavy (non-hydrogen) atoms. The zero-order valence-corrected chi connectivity index (χ0v) is 15.1. The van der Waals surface area contributed by atoms with Gasteiger partial charge in [0.25, 0.3) is 0 Å². The van der Waals surface area contributed by atoms with Gasteiger partial charge in [-0.3, -0.25) is 0 Å². The van der Waals surface area contributed by atoms with Crippen LogP contribution in [0.1, 0.15) is 73.1 Å². The lowest BCUT2D eigenvalue weighted by Gasteiger charge is -2.32. The fraction of sp³-hybridized carbons (Fsp3) is 0.944. The number of amides is 1. The summed E-state index contributed by atoms with van der Waals surface area (Å²) < 4.78 is 5.50. The van der Waals surface area contributed by atoms with Crippen molar-refractivity contribution in [1.29, 1.82) is 0 Å². The van der Waals surface area contributed by atoms with Crippen LogP contribution in [0.4, 0.5) is 4.79 Å². The molecule has 1 aliphatic heterocycles. The van der Waals surface area contributed by atoms with Crippen molar-refractivity contribution in [2.24, 2.45) is 5.41 Å². The summed E-state index contributed by atoms with van der Waals surface area (Å²) in [6, 6.07) is 1.17. The van der Waals surface area contributed by atoms with E-state index in [1.165, 1.54) is 19.3 Å². The first-order valence-electron chi connectivity index (χ1n) is 8.91. The van der Waals surface area contributed by atoms with Gasteiger partial charge in [-0.1, -0.05) is 20.3 Å². The van der Waals surface area contributed by atoms with E-state index in [-0.39, 0.29) is 6.09 Å². The van der Waals surface area contributed by atoms with E-state index in [0.717, 1.165) is 32.4 Å². The number of ether oxygens (including phenoxy) is 1. The molecule has 2 fully saturated rings. The Morgan fingerprint density at radius 1 is 1.14 bits per heavy atom. The topological polar surface area (TPSA) is 41.6 Å². The average Bonchev–Trinajstić information content (AvgIpc) is 2.60. The van der Waals surface area contributed by atoms with Crippen molar-refractivity contribution in [2.75, 3.05) is 13.1 Å².